The molecule has 5 heteroatoms. The number of aliphatic hydroxyl groups is 1. The van der Waals surface area contributed by atoms with Crippen molar-refractivity contribution in [2.24, 2.45) is 0 Å². The Kier molecular flexibility index (Phi) is 5.20. The molecule has 0 aliphatic carbocycles. The molecule has 0 amide bonds. The number of rotatable bonds is 6. The first-order chi connectivity index (χ1) is 11.2. The van der Waals surface area contributed by atoms with Crippen LogP contribution in [0.3, 0.4) is 0 Å². The lowest BCUT2D eigenvalue weighted by Crippen LogP contribution is -2.40. The predicted octanol–water partition coefficient (Wildman–Crippen LogP) is 2.11. The van der Waals surface area contributed by atoms with Crippen LogP contribution in [0.15, 0.2) is 48.7 Å². The molecule has 0 unspecified atom stereocenters. The van der Waals surface area contributed by atoms with E-state index in [1.807, 2.05) is 42.5 Å². The Hall–Kier alpha value is -1.98. The van der Waals surface area contributed by atoms with E-state index >= 15 is 0 Å². The summed E-state index contributed by atoms with van der Waals surface area (Å²) in [7, 11) is 2.07. The molecule has 122 valence electrons. The molecule has 1 N–H and O–H groups in total. The van der Waals surface area contributed by atoms with E-state index in [4.69, 9.17) is 0 Å². The van der Waals surface area contributed by atoms with Gasteiger partial charge < -0.3 is 14.9 Å². The van der Waals surface area contributed by atoms with E-state index in [-0.39, 0.29) is 0 Å². The first-order valence-corrected chi connectivity index (χ1v) is 8.20. The van der Waals surface area contributed by atoms with Gasteiger partial charge in [0.1, 0.15) is 0 Å². The van der Waals surface area contributed by atoms with Crippen LogP contribution in [-0.2, 0) is 0 Å². The van der Waals surface area contributed by atoms with Gasteiger partial charge in [0.15, 0.2) is 5.82 Å². The van der Waals surface area contributed by atoms with Crippen LogP contribution < -0.4 is 4.90 Å². The Morgan fingerprint density at radius 1 is 1.26 bits per heavy atom. The minimum Gasteiger partial charge on any atom is -0.387 e. The summed E-state index contributed by atoms with van der Waals surface area (Å²) in [5.74, 6) is 0.951. The molecule has 2 heterocycles. The molecule has 5 nitrogen and oxygen atoms in total. The van der Waals surface area contributed by atoms with Gasteiger partial charge in [0, 0.05) is 31.9 Å². The van der Waals surface area contributed by atoms with Crippen LogP contribution in [0.2, 0.25) is 0 Å². The fraction of sp³-hybridized carbons (Fsp3) is 0.444. The van der Waals surface area contributed by atoms with Gasteiger partial charge in [-0.2, -0.15) is 5.10 Å². The molecule has 0 saturated carbocycles. The molecule has 1 aromatic carbocycles. The number of likely N-dealkylation sites (N-methyl/N-ethyl adjacent to an activating group) is 1. The molecule has 2 atom stereocenters. The third kappa shape index (κ3) is 4.06. The highest BCUT2D eigenvalue weighted by atomic mass is 16.3. The monoisotopic (exact) mass is 312 g/mol. The van der Waals surface area contributed by atoms with Crippen LogP contribution >= 0.6 is 0 Å². The van der Waals surface area contributed by atoms with Crippen molar-refractivity contribution in [3.8, 4) is 0 Å². The molecule has 1 aliphatic heterocycles. The second-order valence-corrected chi connectivity index (χ2v) is 6.22. The topological polar surface area (TPSA) is 52.5 Å². The van der Waals surface area contributed by atoms with E-state index in [0.717, 1.165) is 30.9 Å². The van der Waals surface area contributed by atoms with Crippen molar-refractivity contribution in [1.82, 2.24) is 15.1 Å². The summed E-state index contributed by atoms with van der Waals surface area (Å²) in [4.78, 5) is 4.54. The molecule has 2 aromatic rings. The zero-order valence-corrected chi connectivity index (χ0v) is 13.5. The third-order valence-electron chi connectivity index (χ3n) is 4.42. The van der Waals surface area contributed by atoms with E-state index in [1.165, 1.54) is 6.42 Å². The van der Waals surface area contributed by atoms with Crippen molar-refractivity contribution in [3.05, 3.63) is 54.2 Å². The van der Waals surface area contributed by atoms with Crippen LogP contribution in [0.4, 0.5) is 5.82 Å². The van der Waals surface area contributed by atoms with E-state index in [9.17, 15) is 5.11 Å². The quantitative estimate of drug-likeness (QED) is 0.885. The maximum Gasteiger partial charge on any atom is 0.151 e. The van der Waals surface area contributed by atoms with Crippen molar-refractivity contribution in [2.45, 2.75) is 25.0 Å². The Morgan fingerprint density at radius 2 is 2.09 bits per heavy atom. The molecule has 1 aliphatic rings. The standard InChI is InChI=1S/C18H24N4O/c1-21(14-17(23)15-7-3-2-4-8-15)13-16-9-6-12-22(16)18-10-5-11-19-20-18/h2-5,7-8,10-11,16-17,23H,6,9,12-14H2,1H3/t16-,17-/m1/s1. The van der Waals surface area contributed by atoms with Crippen molar-refractivity contribution < 1.29 is 5.11 Å². The van der Waals surface area contributed by atoms with E-state index in [1.54, 1.807) is 6.20 Å². The van der Waals surface area contributed by atoms with Crippen molar-refractivity contribution in [3.63, 3.8) is 0 Å². The van der Waals surface area contributed by atoms with Gasteiger partial charge in [-0.05, 0) is 37.6 Å². The van der Waals surface area contributed by atoms with Crippen molar-refractivity contribution in [1.29, 1.82) is 0 Å². The molecule has 1 saturated heterocycles. The molecular formula is C18H24N4O. The average molecular weight is 312 g/mol. The summed E-state index contributed by atoms with van der Waals surface area (Å²) in [6.45, 7) is 2.58. The highest BCUT2D eigenvalue weighted by Crippen LogP contribution is 2.24. The number of benzene rings is 1. The first kappa shape index (κ1) is 15.9. The highest BCUT2D eigenvalue weighted by Gasteiger charge is 2.27. The normalized spacial score (nSPS) is 19.3. The van der Waals surface area contributed by atoms with E-state index in [0.29, 0.717) is 12.6 Å². The second kappa shape index (κ2) is 7.53. The number of nitrogens with zero attached hydrogens (tertiary/aromatic N) is 4. The van der Waals surface area contributed by atoms with Gasteiger partial charge in [-0.3, -0.25) is 0 Å². The Balaban J connectivity index is 1.58. The van der Waals surface area contributed by atoms with Gasteiger partial charge in [0.05, 0.1) is 6.10 Å². The van der Waals surface area contributed by atoms with E-state index < -0.39 is 6.10 Å². The van der Waals surface area contributed by atoms with Gasteiger partial charge in [-0.25, -0.2) is 0 Å². The lowest BCUT2D eigenvalue weighted by atomic mass is 10.1. The smallest absolute Gasteiger partial charge is 0.151 e. The van der Waals surface area contributed by atoms with Gasteiger partial charge in [-0.15, -0.1) is 5.10 Å². The number of aromatic nitrogens is 2. The summed E-state index contributed by atoms with van der Waals surface area (Å²) < 4.78 is 0. The Morgan fingerprint density at radius 3 is 2.83 bits per heavy atom. The fourth-order valence-electron chi connectivity index (χ4n) is 3.28. The summed E-state index contributed by atoms with van der Waals surface area (Å²) in [5, 5.41) is 18.6. The van der Waals surface area contributed by atoms with Crippen molar-refractivity contribution >= 4 is 5.82 Å². The predicted molar refractivity (Wildman–Crippen MR) is 91.3 cm³/mol. The van der Waals surface area contributed by atoms with Crippen molar-refractivity contribution in [2.75, 3.05) is 31.6 Å². The lowest BCUT2D eigenvalue weighted by molar-refractivity contribution is 0.124. The fourth-order valence-corrected chi connectivity index (χ4v) is 3.28. The van der Waals surface area contributed by atoms with Gasteiger partial charge in [0.2, 0.25) is 0 Å². The zero-order chi connectivity index (χ0) is 16.1. The SMILES string of the molecule is CN(C[C@H]1CCCN1c1cccnn1)C[C@@H](O)c1ccccc1. The highest BCUT2D eigenvalue weighted by molar-refractivity contribution is 5.39. The molecule has 3 rings (SSSR count). The first-order valence-electron chi connectivity index (χ1n) is 8.20. The van der Waals surface area contributed by atoms with Crippen LogP contribution in [0.25, 0.3) is 0 Å². The van der Waals surface area contributed by atoms with Crippen LogP contribution in [0.1, 0.15) is 24.5 Å². The Bertz CT molecular complexity index is 592. The molecule has 1 aromatic heterocycles. The number of hydrogen-bond acceptors (Lipinski definition) is 5. The number of aliphatic hydroxyl groups excluding tert-OH is 1. The lowest BCUT2D eigenvalue weighted by Gasteiger charge is -2.30. The zero-order valence-electron chi connectivity index (χ0n) is 13.5. The van der Waals surface area contributed by atoms with Gasteiger partial charge >= 0.3 is 0 Å². The van der Waals surface area contributed by atoms with Crippen LogP contribution in [0.5, 0.6) is 0 Å². The number of anilines is 1. The molecule has 0 bridgehead atoms. The van der Waals surface area contributed by atoms with Gasteiger partial charge in [-0.1, -0.05) is 30.3 Å². The number of hydrogen-bond donors (Lipinski definition) is 1. The maximum atomic E-state index is 10.4. The third-order valence-corrected chi connectivity index (χ3v) is 4.42. The minimum atomic E-state index is -0.451. The summed E-state index contributed by atoms with van der Waals surface area (Å²) >= 11 is 0. The minimum absolute atomic E-state index is 0.430. The summed E-state index contributed by atoms with van der Waals surface area (Å²) in [6, 6.07) is 14.2. The maximum absolute atomic E-state index is 10.4. The van der Waals surface area contributed by atoms with E-state index in [2.05, 4.69) is 27.0 Å². The molecule has 0 spiro atoms. The Labute approximate surface area is 137 Å². The molecule has 0 radical (unpaired) electrons. The largest absolute Gasteiger partial charge is 0.387 e. The second-order valence-electron chi connectivity index (χ2n) is 6.22. The summed E-state index contributed by atoms with van der Waals surface area (Å²) in [5.41, 5.74) is 0.969. The van der Waals surface area contributed by atoms with Crippen LogP contribution in [-0.4, -0.2) is 52.9 Å². The van der Waals surface area contributed by atoms with Gasteiger partial charge in [0.25, 0.3) is 0 Å². The van der Waals surface area contributed by atoms with Crippen LogP contribution in [0, 0.1) is 0 Å². The average Bonchev–Trinajstić information content (AvgIpc) is 3.04. The summed E-state index contributed by atoms with van der Waals surface area (Å²) in [6.07, 6.45) is 3.59. The molecule has 1 fully saturated rings. The molecule has 23 heavy (non-hydrogen) atoms. The molecular weight excluding hydrogens is 288 g/mol.